The van der Waals surface area contributed by atoms with Crippen LogP contribution in [0.2, 0.25) is 0 Å². The maximum Gasteiger partial charge on any atom is 0.160 e. The number of hydrogen-bond donors (Lipinski definition) is 0. The Bertz CT molecular complexity index is 671. The predicted molar refractivity (Wildman–Crippen MR) is 87.7 cm³/mol. The zero-order chi connectivity index (χ0) is 15.4. The van der Waals surface area contributed by atoms with E-state index in [1.165, 1.54) is 5.56 Å². The number of aromatic nitrogens is 3. The predicted octanol–water partition coefficient (Wildman–Crippen LogP) is 4.20. The second kappa shape index (κ2) is 4.70. The molecule has 0 saturated heterocycles. The van der Waals surface area contributed by atoms with Crippen LogP contribution in [-0.4, -0.2) is 20.4 Å². The molecule has 1 saturated carbocycles. The lowest BCUT2D eigenvalue weighted by Gasteiger charge is -2.09. The number of halogens is 1. The van der Waals surface area contributed by atoms with Gasteiger partial charge in [0.1, 0.15) is 11.3 Å². The summed E-state index contributed by atoms with van der Waals surface area (Å²) >= 11 is 5.97. The zero-order valence-corrected chi connectivity index (χ0v) is 14.3. The Kier molecular flexibility index (Phi) is 3.32. The van der Waals surface area contributed by atoms with Crippen molar-refractivity contribution in [1.82, 2.24) is 14.5 Å². The van der Waals surface area contributed by atoms with Gasteiger partial charge in [-0.25, -0.2) is 9.97 Å². The van der Waals surface area contributed by atoms with Gasteiger partial charge in [-0.3, -0.25) is 0 Å². The summed E-state index contributed by atoms with van der Waals surface area (Å²) < 4.78 is 2.30. The Morgan fingerprint density at radius 2 is 1.90 bits per heavy atom. The van der Waals surface area contributed by atoms with E-state index in [0.717, 1.165) is 30.0 Å². The molecule has 3 nitrogen and oxygen atoms in total. The summed E-state index contributed by atoms with van der Waals surface area (Å²) in [6, 6.07) is 2.02. The smallest absolute Gasteiger partial charge is 0.160 e. The van der Waals surface area contributed by atoms with Gasteiger partial charge in [0.05, 0.1) is 0 Å². The molecule has 0 bridgehead atoms. The average molecular weight is 306 g/mol. The first-order chi connectivity index (χ1) is 9.80. The van der Waals surface area contributed by atoms with E-state index in [4.69, 9.17) is 16.6 Å². The largest absolute Gasteiger partial charge is 0.312 e. The van der Waals surface area contributed by atoms with Crippen LogP contribution in [0, 0.1) is 23.7 Å². The van der Waals surface area contributed by atoms with E-state index in [2.05, 4.69) is 44.2 Å². The van der Waals surface area contributed by atoms with Gasteiger partial charge in [-0.15, -0.1) is 11.6 Å². The number of pyridine rings is 1. The molecule has 0 atom stereocenters. The molecule has 0 aliphatic heterocycles. The molecule has 2 aromatic rings. The van der Waals surface area contributed by atoms with Crippen molar-refractivity contribution in [1.29, 1.82) is 0 Å². The van der Waals surface area contributed by atoms with Crippen LogP contribution in [-0.2, 0) is 13.0 Å². The van der Waals surface area contributed by atoms with Gasteiger partial charge in [0, 0.05) is 25.0 Å². The van der Waals surface area contributed by atoms with Gasteiger partial charge in [-0.1, -0.05) is 27.7 Å². The number of alkyl halides is 1. The van der Waals surface area contributed by atoms with Gasteiger partial charge >= 0.3 is 0 Å². The lowest BCUT2D eigenvalue weighted by Crippen LogP contribution is -2.09. The minimum Gasteiger partial charge on any atom is -0.312 e. The molecule has 0 spiro atoms. The highest BCUT2D eigenvalue weighted by Crippen LogP contribution is 2.69. The number of hydrogen-bond acceptors (Lipinski definition) is 2. The number of rotatable bonds is 4. The fraction of sp³-hybridized carbons (Fsp3) is 0.647. The third kappa shape index (κ3) is 2.09. The van der Waals surface area contributed by atoms with E-state index in [1.807, 2.05) is 12.3 Å². The van der Waals surface area contributed by atoms with E-state index < -0.39 is 0 Å². The standard InChI is InChI=1S/C17H24ClN3/c1-11-7-9-19-15-14(11)20-13(6-8-18)21(15)10-12-16(2,3)17(12,4)5/h7,9,12H,6,8,10H2,1-5H3. The Balaban J connectivity index is 2.05. The van der Waals surface area contributed by atoms with Crippen molar-refractivity contribution >= 4 is 22.8 Å². The molecular formula is C17H24ClN3. The fourth-order valence-electron chi connectivity index (χ4n) is 3.62. The van der Waals surface area contributed by atoms with Gasteiger partial charge in [0.25, 0.3) is 0 Å². The van der Waals surface area contributed by atoms with Crippen molar-refractivity contribution in [3.63, 3.8) is 0 Å². The van der Waals surface area contributed by atoms with E-state index in [-0.39, 0.29) is 0 Å². The third-order valence-electron chi connectivity index (χ3n) is 5.92. The molecule has 114 valence electrons. The highest BCUT2D eigenvalue weighted by molar-refractivity contribution is 6.17. The fourth-order valence-corrected chi connectivity index (χ4v) is 3.79. The average Bonchev–Trinajstić information content (AvgIpc) is 2.71. The molecular weight excluding hydrogens is 282 g/mol. The molecule has 1 aliphatic rings. The van der Waals surface area contributed by atoms with Crippen molar-refractivity contribution in [3.8, 4) is 0 Å². The van der Waals surface area contributed by atoms with Crippen LogP contribution in [0.5, 0.6) is 0 Å². The first-order valence-electron chi connectivity index (χ1n) is 7.67. The van der Waals surface area contributed by atoms with Crippen LogP contribution < -0.4 is 0 Å². The van der Waals surface area contributed by atoms with Gasteiger partial charge < -0.3 is 4.57 Å². The first-order valence-corrected chi connectivity index (χ1v) is 8.21. The lowest BCUT2D eigenvalue weighted by atomic mass is 10.0. The molecule has 2 aromatic heterocycles. The number of nitrogens with zero attached hydrogens (tertiary/aromatic N) is 3. The molecule has 1 fully saturated rings. The molecule has 0 N–H and O–H groups in total. The van der Waals surface area contributed by atoms with Crippen molar-refractivity contribution < 1.29 is 0 Å². The maximum absolute atomic E-state index is 5.97. The molecule has 0 aromatic carbocycles. The minimum atomic E-state index is 0.367. The number of imidazole rings is 1. The van der Waals surface area contributed by atoms with E-state index in [9.17, 15) is 0 Å². The summed E-state index contributed by atoms with van der Waals surface area (Å²) in [6.07, 6.45) is 2.68. The van der Waals surface area contributed by atoms with Gasteiger partial charge in [0.15, 0.2) is 5.65 Å². The van der Waals surface area contributed by atoms with E-state index in [0.29, 0.717) is 22.6 Å². The topological polar surface area (TPSA) is 30.7 Å². The van der Waals surface area contributed by atoms with Crippen LogP contribution in [0.1, 0.15) is 39.1 Å². The van der Waals surface area contributed by atoms with Crippen LogP contribution in [0.25, 0.3) is 11.2 Å². The van der Waals surface area contributed by atoms with Crippen LogP contribution in [0.4, 0.5) is 0 Å². The second-order valence-electron chi connectivity index (χ2n) is 7.37. The molecule has 3 rings (SSSR count). The summed E-state index contributed by atoms with van der Waals surface area (Å²) in [5.74, 6) is 2.32. The summed E-state index contributed by atoms with van der Waals surface area (Å²) in [5.41, 5.74) is 3.95. The highest BCUT2D eigenvalue weighted by Gasteiger charge is 2.64. The monoisotopic (exact) mass is 305 g/mol. The van der Waals surface area contributed by atoms with Crippen molar-refractivity contribution in [2.45, 2.75) is 47.6 Å². The highest BCUT2D eigenvalue weighted by atomic mass is 35.5. The lowest BCUT2D eigenvalue weighted by molar-refractivity contribution is 0.457. The Hall–Kier alpha value is -1.09. The van der Waals surface area contributed by atoms with Crippen molar-refractivity contribution in [2.75, 3.05) is 5.88 Å². The molecule has 2 heterocycles. The normalized spacial score (nSPS) is 20.1. The number of aryl methyl sites for hydroxylation is 2. The minimum absolute atomic E-state index is 0.367. The molecule has 0 amide bonds. The summed E-state index contributed by atoms with van der Waals surface area (Å²) in [7, 11) is 0. The first kappa shape index (κ1) is 14.8. The molecule has 21 heavy (non-hydrogen) atoms. The summed E-state index contributed by atoms with van der Waals surface area (Å²) in [6.45, 7) is 12.5. The molecule has 4 heteroatoms. The Morgan fingerprint density at radius 1 is 1.24 bits per heavy atom. The van der Waals surface area contributed by atoms with E-state index in [1.54, 1.807) is 0 Å². The summed E-state index contributed by atoms with van der Waals surface area (Å²) in [4.78, 5) is 9.37. The Morgan fingerprint density at radius 3 is 2.48 bits per heavy atom. The zero-order valence-electron chi connectivity index (χ0n) is 13.6. The van der Waals surface area contributed by atoms with Crippen LogP contribution >= 0.6 is 11.6 Å². The maximum atomic E-state index is 5.97. The Labute approximate surface area is 131 Å². The molecule has 0 unspecified atom stereocenters. The number of fused-ring (bicyclic) bond motifs is 1. The van der Waals surface area contributed by atoms with Crippen LogP contribution in [0.3, 0.4) is 0 Å². The van der Waals surface area contributed by atoms with Crippen molar-refractivity contribution in [2.24, 2.45) is 16.7 Å². The third-order valence-corrected chi connectivity index (χ3v) is 6.11. The quantitative estimate of drug-likeness (QED) is 0.792. The van der Waals surface area contributed by atoms with Crippen LogP contribution in [0.15, 0.2) is 12.3 Å². The SMILES string of the molecule is Cc1ccnc2c1nc(CCCl)n2CC1C(C)(C)C1(C)C. The molecule has 0 radical (unpaired) electrons. The van der Waals surface area contributed by atoms with Crippen molar-refractivity contribution in [3.05, 3.63) is 23.7 Å². The summed E-state index contributed by atoms with van der Waals surface area (Å²) in [5, 5.41) is 0. The van der Waals surface area contributed by atoms with Gasteiger partial charge in [-0.2, -0.15) is 0 Å². The van der Waals surface area contributed by atoms with Gasteiger partial charge in [0.2, 0.25) is 0 Å². The second-order valence-corrected chi connectivity index (χ2v) is 7.75. The molecule has 1 aliphatic carbocycles. The van der Waals surface area contributed by atoms with E-state index >= 15 is 0 Å². The van der Waals surface area contributed by atoms with Gasteiger partial charge in [-0.05, 0) is 35.3 Å².